The van der Waals surface area contributed by atoms with Crippen molar-refractivity contribution in [3.63, 3.8) is 0 Å². The summed E-state index contributed by atoms with van der Waals surface area (Å²) in [7, 11) is 1.85. The Morgan fingerprint density at radius 2 is 1.93 bits per heavy atom. The molecule has 0 aliphatic rings. The first kappa shape index (κ1) is 18.3. The summed E-state index contributed by atoms with van der Waals surface area (Å²) in [6, 6.07) is 15.6. The fraction of sp³-hybridized carbons (Fsp3) is 0.0909. The van der Waals surface area contributed by atoms with E-state index in [4.69, 9.17) is 5.10 Å². The van der Waals surface area contributed by atoms with E-state index in [0.29, 0.717) is 16.9 Å². The molecule has 0 atom stereocenters. The smallest absolute Gasteiger partial charge is 0.259 e. The van der Waals surface area contributed by atoms with Crippen molar-refractivity contribution in [1.29, 1.82) is 0 Å². The number of aromatic nitrogens is 5. The fourth-order valence-corrected chi connectivity index (χ4v) is 4.15. The lowest BCUT2D eigenvalue weighted by atomic mass is 10.2. The van der Waals surface area contributed by atoms with Crippen LogP contribution in [0.2, 0.25) is 0 Å². The average Bonchev–Trinajstić information content (AvgIpc) is 3.48. The summed E-state index contributed by atoms with van der Waals surface area (Å²) in [6.45, 7) is 1.93. The number of carbonyl (C=O) groups excluding carboxylic acids is 1. The Bertz CT molecular complexity index is 1350. The van der Waals surface area contributed by atoms with Crippen molar-refractivity contribution >= 4 is 34.0 Å². The van der Waals surface area contributed by atoms with Crippen LogP contribution in [0.4, 0.5) is 5.69 Å². The van der Waals surface area contributed by atoms with E-state index >= 15 is 0 Å². The predicted octanol–water partition coefficient (Wildman–Crippen LogP) is 4.44. The molecule has 0 aliphatic carbocycles. The molecule has 0 bridgehead atoms. The molecule has 0 saturated heterocycles. The molecule has 7 nitrogen and oxygen atoms in total. The number of hydrogen-bond donors (Lipinski definition) is 1. The van der Waals surface area contributed by atoms with Gasteiger partial charge in [0.15, 0.2) is 5.65 Å². The first-order valence-corrected chi connectivity index (χ1v) is 10.3. The highest BCUT2D eigenvalue weighted by molar-refractivity contribution is 7.13. The molecule has 1 N–H and O–H groups in total. The number of nitrogens with zero attached hydrogens (tertiary/aromatic N) is 5. The number of anilines is 1. The Hall–Kier alpha value is -3.78. The minimum Gasteiger partial charge on any atom is -0.320 e. The zero-order chi connectivity index (χ0) is 20.7. The van der Waals surface area contributed by atoms with Crippen LogP contribution in [0.5, 0.6) is 0 Å². The molecule has 0 fully saturated rings. The molecular formula is C22H18N6OS. The molecule has 0 unspecified atom stereocenters. The largest absolute Gasteiger partial charge is 0.320 e. The highest BCUT2D eigenvalue weighted by atomic mass is 32.1. The molecule has 30 heavy (non-hydrogen) atoms. The third-order valence-corrected chi connectivity index (χ3v) is 5.73. The number of para-hydroxylation sites is 1. The summed E-state index contributed by atoms with van der Waals surface area (Å²) in [5.74, 6) is -0.233. The van der Waals surface area contributed by atoms with Gasteiger partial charge in [-0.1, -0.05) is 24.3 Å². The summed E-state index contributed by atoms with van der Waals surface area (Å²) in [6.07, 6.45) is 3.41. The SMILES string of the molecule is Cc1nn(C)c2ncc(NC(=O)c3cn(-c4ccccc4)nc3-c3cccs3)cc12. The first-order valence-electron chi connectivity index (χ1n) is 9.40. The van der Waals surface area contributed by atoms with Crippen molar-refractivity contribution in [3.8, 4) is 16.3 Å². The number of hydrogen-bond acceptors (Lipinski definition) is 5. The number of rotatable bonds is 4. The number of fused-ring (bicyclic) bond motifs is 1. The van der Waals surface area contributed by atoms with Crippen LogP contribution >= 0.6 is 11.3 Å². The predicted molar refractivity (Wildman–Crippen MR) is 118 cm³/mol. The van der Waals surface area contributed by atoms with Gasteiger partial charge in [0, 0.05) is 18.6 Å². The minimum atomic E-state index is -0.233. The number of benzene rings is 1. The topological polar surface area (TPSA) is 77.6 Å². The maximum absolute atomic E-state index is 13.2. The van der Waals surface area contributed by atoms with E-state index in [0.717, 1.165) is 27.3 Å². The van der Waals surface area contributed by atoms with Crippen molar-refractivity contribution in [2.75, 3.05) is 5.32 Å². The van der Waals surface area contributed by atoms with Gasteiger partial charge in [-0.15, -0.1) is 11.3 Å². The Morgan fingerprint density at radius 1 is 1.10 bits per heavy atom. The summed E-state index contributed by atoms with van der Waals surface area (Å²) in [4.78, 5) is 18.6. The van der Waals surface area contributed by atoms with Crippen LogP contribution in [0, 0.1) is 6.92 Å². The Morgan fingerprint density at radius 3 is 2.70 bits per heavy atom. The van der Waals surface area contributed by atoms with E-state index in [1.165, 1.54) is 0 Å². The standard InChI is InChI=1S/C22H18N6OS/c1-14-17-11-15(12-23-21(17)27(2)25-14)24-22(29)18-13-28(16-7-4-3-5-8-16)26-20(18)19-9-6-10-30-19/h3-13H,1-2H3,(H,24,29). The fourth-order valence-electron chi connectivity index (χ4n) is 3.42. The van der Waals surface area contributed by atoms with E-state index < -0.39 is 0 Å². The van der Waals surface area contributed by atoms with Gasteiger partial charge in [0.05, 0.1) is 33.7 Å². The van der Waals surface area contributed by atoms with E-state index in [1.54, 1.807) is 33.1 Å². The normalized spacial score (nSPS) is 11.1. The maximum atomic E-state index is 13.2. The molecule has 0 saturated carbocycles. The number of carbonyl (C=O) groups is 1. The molecule has 148 valence electrons. The van der Waals surface area contributed by atoms with Crippen molar-refractivity contribution in [1.82, 2.24) is 24.5 Å². The highest BCUT2D eigenvalue weighted by Gasteiger charge is 2.20. The van der Waals surface area contributed by atoms with Crippen molar-refractivity contribution in [2.24, 2.45) is 7.05 Å². The summed E-state index contributed by atoms with van der Waals surface area (Å²) in [5.41, 5.74) is 4.31. The summed E-state index contributed by atoms with van der Waals surface area (Å²) >= 11 is 1.55. The van der Waals surface area contributed by atoms with Gasteiger partial charge in [-0.05, 0) is 36.6 Å². The minimum absolute atomic E-state index is 0.233. The summed E-state index contributed by atoms with van der Waals surface area (Å²) < 4.78 is 3.46. The number of pyridine rings is 1. The Kier molecular flexibility index (Phi) is 4.40. The molecule has 0 radical (unpaired) electrons. The van der Waals surface area contributed by atoms with Crippen LogP contribution in [0.15, 0.2) is 66.3 Å². The molecular weight excluding hydrogens is 396 g/mol. The number of nitrogens with one attached hydrogen (secondary N) is 1. The second kappa shape index (κ2) is 7.23. The van der Waals surface area contributed by atoms with Gasteiger partial charge in [-0.2, -0.15) is 10.2 Å². The number of aryl methyl sites for hydroxylation is 2. The maximum Gasteiger partial charge on any atom is 0.259 e. The highest BCUT2D eigenvalue weighted by Crippen LogP contribution is 2.29. The van der Waals surface area contributed by atoms with Crippen molar-refractivity contribution in [3.05, 3.63) is 77.6 Å². The average molecular weight is 414 g/mol. The second-order valence-corrected chi connectivity index (χ2v) is 7.85. The van der Waals surface area contributed by atoms with Crippen molar-refractivity contribution < 1.29 is 4.79 Å². The molecule has 1 aromatic carbocycles. The van der Waals surface area contributed by atoms with Crippen LogP contribution in [0.1, 0.15) is 16.1 Å². The van der Waals surface area contributed by atoms with Crippen molar-refractivity contribution in [2.45, 2.75) is 6.92 Å². The monoisotopic (exact) mass is 414 g/mol. The van der Waals surface area contributed by atoms with E-state index in [2.05, 4.69) is 15.4 Å². The second-order valence-electron chi connectivity index (χ2n) is 6.91. The zero-order valence-electron chi connectivity index (χ0n) is 16.4. The third-order valence-electron chi connectivity index (χ3n) is 4.86. The first-order chi connectivity index (χ1) is 14.6. The van der Waals surface area contributed by atoms with Gasteiger partial charge < -0.3 is 5.32 Å². The molecule has 4 heterocycles. The number of thiophene rings is 1. The lowest BCUT2D eigenvalue weighted by Crippen LogP contribution is -2.12. The van der Waals surface area contributed by atoms with Gasteiger partial charge in [-0.3, -0.25) is 9.48 Å². The Balaban J connectivity index is 1.53. The lowest BCUT2D eigenvalue weighted by molar-refractivity contribution is 0.102. The molecule has 4 aromatic heterocycles. The van der Waals surface area contributed by atoms with Gasteiger partial charge in [0.2, 0.25) is 0 Å². The summed E-state index contributed by atoms with van der Waals surface area (Å²) in [5, 5.41) is 14.9. The van der Waals surface area contributed by atoms with Gasteiger partial charge >= 0.3 is 0 Å². The Labute approximate surface area is 176 Å². The van der Waals surface area contributed by atoms with Crippen LogP contribution in [0.25, 0.3) is 27.3 Å². The zero-order valence-corrected chi connectivity index (χ0v) is 17.2. The molecule has 8 heteroatoms. The quantitative estimate of drug-likeness (QED) is 0.472. The molecule has 5 rings (SSSR count). The van der Waals surface area contributed by atoms with E-state index in [1.807, 2.05) is 67.9 Å². The molecule has 0 spiro atoms. The molecule has 0 aliphatic heterocycles. The van der Waals surface area contributed by atoms with Crippen LogP contribution in [0.3, 0.4) is 0 Å². The molecule has 5 aromatic rings. The van der Waals surface area contributed by atoms with Gasteiger partial charge in [-0.25, -0.2) is 9.67 Å². The molecule has 1 amide bonds. The van der Waals surface area contributed by atoms with Crippen LogP contribution in [-0.4, -0.2) is 30.5 Å². The van der Waals surface area contributed by atoms with Gasteiger partial charge in [0.1, 0.15) is 5.69 Å². The third kappa shape index (κ3) is 3.17. The van der Waals surface area contributed by atoms with Gasteiger partial charge in [0.25, 0.3) is 5.91 Å². The number of amides is 1. The van der Waals surface area contributed by atoms with Crippen LogP contribution in [-0.2, 0) is 7.05 Å². The lowest BCUT2D eigenvalue weighted by Gasteiger charge is -2.05. The van der Waals surface area contributed by atoms with E-state index in [9.17, 15) is 4.79 Å². The van der Waals surface area contributed by atoms with E-state index in [-0.39, 0.29) is 5.91 Å². The van der Waals surface area contributed by atoms with Crippen LogP contribution < -0.4 is 5.32 Å².